The molecule has 0 spiro atoms. The largest absolute Gasteiger partial charge is 0.0806 e. The first kappa shape index (κ1) is 17.3. The van der Waals surface area contributed by atoms with Crippen molar-refractivity contribution in [3.05, 3.63) is 24.3 Å². The molecule has 0 saturated heterocycles. The van der Waals surface area contributed by atoms with Crippen molar-refractivity contribution in [2.75, 3.05) is 0 Å². The first-order valence-corrected chi connectivity index (χ1v) is 10.6. The standard InChI is InChI=1S/C23H38/c1-4-7-12-18-17-22(21-16-11-10-15-20(18)21)23(5-2,6-3)19-13-8-9-14-19/h10-11,15-16,18-22H,4-9,12-14,17H2,1-3H3. The van der Waals surface area contributed by atoms with E-state index >= 15 is 0 Å². The maximum Gasteiger partial charge on any atom is -0.0131 e. The van der Waals surface area contributed by atoms with E-state index in [1.54, 1.807) is 0 Å². The van der Waals surface area contributed by atoms with E-state index in [-0.39, 0.29) is 0 Å². The fraction of sp³-hybridized carbons (Fsp3) is 0.826. The highest BCUT2D eigenvalue weighted by Crippen LogP contribution is 2.60. The minimum Gasteiger partial charge on any atom is -0.0806 e. The molecule has 2 fully saturated rings. The molecule has 0 heteroatoms. The van der Waals surface area contributed by atoms with Crippen LogP contribution in [0.5, 0.6) is 0 Å². The molecule has 0 aromatic carbocycles. The summed E-state index contributed by atoms with van der Waals surface area (Å²) in [5.74, 6) is 4.57. The predicted molar refractivity (Wildman–Crippen MR) is 101 cm³/mol. The van der Waals surface area contributed by atoms with Gasteiger partial charge in [-0.3, -0.25) is 0 Å². The van der Waals surface area contributed by atoms with E-state index in [4.69, 9.17) is 0 Å². The molecule has 2 saturated carbocycles. The van der Waals surface area contributed by atoms with Gasteiger partial charge < -0.3 is 0 Å². The number of allylic oxidation sites excluding steroid dienone is 4. The molecule has 0 radical (unpaired) electrons. The summed E-state index contributed by atoms with van der Waals surface area (Å²) in [6, 6.07) is 0. The smallest absolute Gasteiger partial charge is 0.0131 e. The van der Waals surface area contributed by atoms with Gasteiger partial charge in [0.05, 0.1) is 0 Å². The Morgan fingerprint density at radius 2 is 1.57 bits per heavy atom. The van der Waals surface area contributed by atoms with Gasteiger partial charge in [-0.25, -0.2) is 0 Å². The van der Waals surface area contributed by atoms with Gasteiger partial charge >= 0.3 is 0 Å². The van der Waals surface area contributed by atoms with Crippen molar-refractivity contribution >= 4 is 0 Å². The molecule has 0 N–H and O–H groups in total. The minimum absolute atomic E-state index is 0.621. The van der Waals surface area contributed by atoms with Crippen molar-refractivity contribution in [3.63, 3.8) is 0 Å². The molecule has 0 bridgehead atoms. The Bertz CT molecular complexity index is 419. The second-order valence-corrected chi connectivity index (χ2v) is 8.59. The van der Waals surface area contributed by atoms with Gasteiger partial charge in [0.2, 0.25) is 0 Å². The molecule has 130 valence electrons. The van der Waals surface area contributed by atoms with E-state index in [1.165, 1.54) is 64.2 Å². The van der Waals surface area contributed by atoms with Crippen molar-refractivity contribution in [1.29, 1.82) is 0 Å². The summed E-state index contributed by atoms with van der Waals surface area (Å²) in [5.41, 5.74) is 0.621. The fourth-order valence-electron chi connectivity index (χ4n) is 6.71. The van der Waals surface area contributed by atoms with Crippen LogP contribution in [0.2, 0.25) is 0 Å². The lowest BCUT2D eigenvalue weighted by molar-refractivity contribution is 0.0421. The normalized spacial score (nSPS) is 34.2. The highest BCUT2D eigenvalue weighted by atomic mass is 14.6. The Balaban J connectivity index is 1.86. The van der Waals surface area contributed by atoms with Crippen LogP contribution in [-0.2, 0) is 0 Å². The van der Waals surface area contributed by atoms with Gasteiger partial charge in [0, 0.05) is 0 Å². The van der Waals surface area contributed by atoms with E-state index in [0.29, 0.717) is 5.41 Å². The van der Waals surface area contributed by atoms with Gasteiger partial charge in [-0.15, -0.1) is 0 Å². The first-order chi connectivity index (χ1) is 11.3. The van der Waals surface area contributed by atoms with Crippen molar-refractivity contribution in [2.45, 2.75) is 85.0 Å². The van der Waals surface area contributed by atoms with E-state index in [0.717, 1.165) is 29.6 Å². The Hall–Kier alpha value is -0.520. The third-order valence-corrected chi connectivity index (χ3v) is 7.94. The maximum absolute atomic E-state index is 2.59. The molecule has 3 aliphatic carbocycles. The van der Waals surface area contributed by atoms with Crippen LogP contribution >= 0.6 is 0 Å². The van der Waals surface area contributed by atoms with Crippen LogP contribution in [0.3, 0.4) is 0 Å². The molecule has 0 nitrogen and oxygen atoms in total. The molecule has 3 aliphatic rings. The van der Waals surface area contributed by atoms with E-state index in [9.17, 15) is 0 Å². The summed E-state index contributed by atoms with van der Waals surface area (Å²) < 4.78 is 0. The summed E-state index contributed by atoms with van der Waals surface area (Å²) in [7, 11) is 0. The number of unbranched alkanes of at least 4 members (excludes halogenated alkanes) is 1. The highest BCUT2D eigenvalue weighted by molar-refractivity contribution is 5.21. The fourth-order valence-corrected chi connectivity index (χ4v) is 6.71. The summed E-state index contributed by atoms with van der Waals surface area (Å²) >= 11 is 0. The number of rotatable bonds is 7. The maximum atomic E-state index is 2.59. The Morgan fingerprint density at radius 3 is 2.17 bits per heavy atom. The van der Waals surface area contributed by atoms with Gasteiger partial charge in [-0.2, -0.15) is 0 Å². The summed E-state index contributed by atoms with van der Waals surface area (Å²) in [4.78, 5) is 0. The van der Waals surface area contributed by atoms with Gasteiger partial charge in [-0.05, 0) is 73.5 Å². The Labute approximate surface area is 144 Å². The Kier molecular flexibility index (Phi) is 5.70. The van der Waals surface area contributed by atoms with Crippen LogP contribution in [0.4, 0.5) is 0 Å². The Morgan fingerprint density at radius 1 is 0.913 bits per heavy atom. The minimum atomic E-state index is 0.621. The zero-order chi connectivity index (χ0) is 16.3. The topological polar surface area (TPSA) is 0 Å². The lowest BCUT2D eigenvalue weighted by Crippen LogP contribution is -2.38. The predicted octanol–water partition coefficient (Wildman–Crippen LogP) is 7.17. The van der Waals surface area contributed by atoms with E-state index < -0.39 is 0 Å². The zero-order valence-electron chi connectivity index (χ0n) is 15.8. The van der Waals surface area contributed by atoms with Gasteiger partial charge in [0.25, 0.3) is 0 Å². The van der Waals surface area contributed by atoms with Crippen molar-refractivity contribution < 1.29 is 0 Å². The quantitative estimate of drug-likeness (QED) is 0.467. The molecule has 0 amide bonds. The molecule has 3 rings (SSSR count). The third-order valence-electron chi connectivity index (χ3n) is 7.94. The molecule has 0 heterocycles. The van der Waals surface area contributed by atoms with E-state index in [2.05, 4.69) is 45.1 Å². The lowest BCUT2D eigenvalue weighted by Gasteiger charge is -2.46. The highest BCUT2D eigenvalue weighted by Gasteiger charge is 2.52. The number of hydrogen-bond donors (Lipinski definition) is 0. The van der Waals surface area contributed by atoms with Crippen LogP contribution < -0.4 is 0 Å². The monoisotopic (exact) mass is 314 g/mol. The van der Waals surface area contributed by atoms with Gasteiger partial charge in [0.1, 0.15) is 0 Å². The molecule has 4 unspecified atom stereocenters. The third kappa shape index (κ3) is 3.08. The van der Waals surface area contributed by atoms with Crippen LogP contribution in [0.25, 0.3) is 0 Å². The second-order valence-electron chi connectivity index (χ2n) is 8.59. The summed E-state index contributed by atoms with van der Waals surface area (Å²) in [6.45, 7) is 7.35. The first-order valence-electron chi connectivity index (χ1n) is 10.6. The average Bonchev–Trinajstić information content (AvgIpc) is 3.24. The molecule has 0 aromatic rings. The van der Waals surface area contributed by atoms with Gasteiger partial charge in [0.15, 0.2) is 0 Å². The average molecular weight is 315 g/mol. The molecule has 0 aromatic heterocycles. The van der Waals surface area contributed by atoms with E-state index in [1.807, 2.05) is 0 Å². The van der Waals surface area contributed by atoms with Crippen LogP contribution in [0.15, 0.2) is 24.3 Å². The van der Waals surface area contributed by atoms with Gasteiger partial charge in [-0.1, -0.05) is 70.8 Å². The lowest BCUT2D eigenvalue weighted by atomic mass is 9.59. The number of fused-ring (bicyclic) bond motifs is 1. The van der Waals surface area contributed by atoms with Crippen LogP contribution in [0, 0.1) is 35.0 Å². The molecular formula is C23H38. The van der Waals surface area contributed by atoms with Crippen molar-refractivity contribution in [1.82, 2.24) is 0 Å². The zero-order valence-corrected chi connectivity index (χ0v) is 15.8. The molecule has 0 aliphatic heterocycles. The molecule has 23 heavy (non-hydrogen) atoms. The molecule has 4 atom stereocenters. The van der Waals surface area contributed by atoms with Crippen LogP contribution in [-0.4, -0.2) is 0 Å². The summed E-state index contributed by atoms with van der Waals surface area (Å²) in [5, 5.41) is 0. The second kappa shape index (κ2) is 7.58. The number of hydrogen-bond acceptors (Lipinski definition) is 0. The van der Waals surface area contributed by atoms with Crippen molar-refractivity contribution in [3.8, 4) is 0 Å². The van der Waals surface area contributed by atoms with Crippen LogP contribution in [0.1, 0.15) is 85.0 Å². The van der Waals surface area contributed by atoms with Crippen molar-refractivity contribution in [2.24, 2.45) is 35.0 Å². The SMILES string of the molecule is CCCCC1CC(C(CC)(CC)C2CCCC2)C2C=CC=CC12. The molecular weight excluding hydrogens is 276 g/mol. The summed E-state index contributed by atoms with van der Waals surface area (Å²) in [6.07, 6.45) is 24.4.